The molecule has 2 aliphatic heterocycles. The molecular weight excluding hydrogens is 380 g/mol. The zero-order valence-electron chi connectivity index (χ0n) is 17.5. The number of benzene rings is 1. The van der Waals surface area contributed by atoms with Gasteiger partial charge in [-0.1, -0.05) is 12.1 Å². The van der Waals surface area contributed by atoms with E-state index in [4.69, 9.17) is 0 Å². The number of likely N-dealkylation sites (tertiary alicyclic amines) is 1. The van der Waals surface area contributed by atoms with E-state index in [-0.39, 0.29) is 42.3 Å². The summed E-state index contributed by atoms with van der Waals surface area (Å²) in [5.74, 6) is 0.351. The van der Waals surface area contributed by atoms with Crippen LogP contribution in [0.5, 0.6) is 0 Å². The predicted molar refractivity (Wildman–Crippen MR) is 116 cm³/mol. The first kappa shape index (κ1) is 20.2. The van der Waals surface area contributed by atoms with E-state index in [9.17, 15) is 14.4 Å². The molecule has 0 unspecified atom stereocenters. The third-order valence-corrected chi connectivity index (χ3v) is 5.90. The molecule has 7 nitrogen and oxygen atoms in total. The highest BCUT2D eigenvalue weighted by atomic mass is 16.2. The van der Waals surface area contributed by atoms with Gasteiger partial charge in [0, 0.05) is 56.0 Å². The van der Waals surface area contributed by atoms with Gasteiger partial charge in [-0.2, -0.15) is 0 Å². The Hall–Kier alpha value is -3.09. The number of hydrogen-bond acceptors (Lipinski definition) is 3. The molecule has 158 valence electrons. The number of piperidine rings is 1. The number of aryl methyl sites for hydroxylation is 2. The van der Waals surface area contributed by atoms with Crippen molar-refractivity contribution in [3.8, 4) is 0 Å². The first-order valence-electron chi connectivity index (χ1n) is 10.5. The molecule has 2 atom stereocenters. The van der Waals surface area contributed by atoms with Gasteiger partial charge in [-0.05, 0) is 55.5 Å². The lowest BCUT2D eigenvalue weighted by molar-refractivity contribution is -0.116. The first-order chi connectivity index (χ1) is 14.4. The van der Waals surface area contributed by atoms with Crippen LogP contribution in [0.15, 0.2) is 41.2 Å². The number of urea groups is 1. The molecule has 1 saturated heterocycles. The molecular formula is C23H28N4O3. The molecule has 2 bridgehead atoms. The van der Waals surface area contributed by atoms with Gasteiger partial charge in [-0.15, -0.1) is 0 Å². The zero-order valence-corrected chi connectivity index (χ0v) is 17.5. The molecule has 1 aromatic heterocycles. The number of fused-ring (bicyclic) bond motifs is 4. The quantitative estimate of drug-likeness (QED) is 0.816. The Morgan fingerprint density at radius 3 is 2.60 bits per heavy atom. The van der Waals surface area contributed by atoms with Crippen LogP contribution in [-0.2, 0) is 11.3 Å². The van der Waals surface area contributed by atoms with Crippen molar-refractivity contribution in [2.75, 3.05) is 25.0 Å². The summed E-state index contributed by atoms with van der Waals surface area (Å²) in [6, 6.07) is 11.1. The van der Waals surface area contributed by atoms with E-state index in [0.717, 1.165) is 28.9 Å². The molecule has 1 fully saturated rings. The van der Waals surface area contributed by atoms with Crippen molar-refractivity contribution in [2.24, 2.45) is 5.92 Å². The van der Waals surface area contributed by atoms with Crippen LogP contribution in [-0.4, -0.2) is 41.0 Å². The van der Waals surface area contributed by atoms with Gasteiger partial charge in [0.25, 0.3) is 5.56 Å². The number of anilines is 1. The lowest BCUT2D eigenvalue weighted by Gasteiger charge is -2.42. The van der Waals surface area contributed by atoms with Crippen molar-refractivity contribution in [2.45, 2.75) is 39.2 Å². The van der Waals surface area contributed by atoms with Crippen LogP contribution in [0.25, 0.3) is 0 Å². The monoisotopic (exact) mass is 408 g/mol. The minimum Gasteiger partial charge on any atom is -0.337 e. The number of amides is 3. The maximum atomic E-state index is 12.7. The topological polar surface area (TPSA) is 83.4 Å². The Morgan fingerprint density at radius 2 is 1.83 bits per heavy atom. The zero-order chi connectivity index (χ0) is 21.3. The summed E-state index contributed by atoms with van der Waals surface area (Å²) in [5, 5.41) is 5.76. The lowest BCUT2D eigenvalue weighted by atomic mass is 9.83. The SMILES string of the molecule is Cc1cc(C)cc(NC(=O)CCNC(=O)N2C[C@@H]3C[C@@H](C2)c2cccc(=O)n2C3)c1. The number of nitrogens with zero attached hydrogens (tertiary/aromatic N) is 2. The van der Waals surface area contributed by atoms with Crippen LogP contribution in [0.3, 0.4) is 0 Å². The molecule has 0 radical (unpaired) electrons. The molecule has 2 aromatic rings. The van der Waals surface area contributed by atoms with E-state index in [1.54, 1.807) is 12.1 Å². The van der Waals surface area contributed by atoms with E-state index in [0.29, 0.717) is 19.6 Å². The molecule has 0 aliphatic carbocycles. The second kappa shape index (κ2) is 8.34. The average Bonchev–Trinajstić information content (AvgIpc) is 2.68. The Labute approximate surface area is 176 Å². The van der Waals surface area contributed by atoms with E-state index in [1.807, 2.05) is 41.5 Å². The van der Waals surface area contributed by atoms with Crippen LogP contribution in [0.2, 0.25) is 0 Å². The molecule has 2 aliphatic rings. The maximum Gasteiger partial charge on any atom is 0.317 e. The van der Waals surface area contributed by atoms with Crippen molar-refractivity contribution in [1.29, 1.82) is 0 Å². The minimum atomic E-state index is -0.143. The van der Waals surface area contributed by atoms with Crippen molar-refractivity contribution in [3.05, 3.63) is 63.6 Å². The number of nitrogens with one attached hydrogen (secondary N) is 2. The standard InChI is InChI=1S/C23H28N4O3/c1-15-8-16(2)10-19(9-15)25-21(28)6-7-24-23(30)26-12-17-11-18(14-26)20-4-3-5-22(29)27(20)13-17/h3-5,8-10,17-18H,6-7,11-14H2,1-2H3,(H,24,30)(H,25,28)/t17-,18-/m0/s1. The smallest absolute Gasteiger partial charge is 0.317 e. The van der Waals surface area contributed by atoms with Crippen molar-refractivity contribution >= 4 is 17.6 Å². The van der Waals surface area contributed by atoms with Crippen LogP contribution in [0, 0.1) is 19.8 Å². The Balaban J connectivity index is 1.29. The van der Waals surface area contributed by atoms with E-state index >= 15 is 0 Å². The molecule has 4 rings (SSSR count). The second-order valence-corrected chi connectivity index (χ2v) is 8.51. The van der Waals surface area contributed by atoms with Gasteiger partial charge in [-0.3, -0.25) is 9.59 Å². The Kier molecular flexibility index (Phi) is 5.61. The lowest BCUT2D eigenvalue weighted by Crippen LogP contribution is -2.52. The molecule has 3 amide bonds. The van der Waals surface area contributed by atoms with Gasteiger partial charge in [0.2, 0.25) is 5.91 Å². The van der Waals surface area contributed by atoms with Gasteiger partial charge >= 0.3 is 6.03 Å². The number of hydrogen-bond donors (Lipinski definition) is 2. The normalized spacial score (nSPS) is 19.7. The third-order valence-electron chi connectivity index (χ3n) is 5.90. The minimum absolute atomic E-state index is 0.0370. The molecule has 0 saturated carbocycles. The summed E-state index contributed by atoms with van der Waals surface area (Å²) in [5.41, 5.74) is 4.02. The fourth-order valence-electron chi connectivity index (χ4n) is 4.73. The Morgan fingerprint density at radius 1 is 1.07 bits per heavy atom. The summed E-state index contributed by atoms with van der Waals surface area (Å²) in [7, 11) is 0. The van der Waals surface area contributed by atoms with E-state index in [2.05, 4.69) is 16.7 Å². The number of carbonyl (C=O) groups is 2. The first-order valence-corrected chi connectivity index (χ1v) is 10.5. The molecule has 7 heteroatoms. The summed E-state index contributed by atoms with van der Waals surface area (Å²) in [4.78, 5) is 38.8. The molecule has 30 heavy (non-hydrogen) atoms. The molecule has 1 aromatic carbocycles. The van der Waals surface area contributed by atoms with Crippen LogP contribution >= 0.6 is 0 Å². The van der Waals surface area contributed by atoms with Gasteiger partial charge in [0.05, 0.1) is 0 Å². The summed E-state index contributed by atoms with van der Waals surface area (Å²) in [6.45, 7) is 6.17. The summed E-state index contributed by atoms with van der Waals surface area (Å²) >= 11 is 0. The van der Waals surface area contributed by atoms with Gasteiger partial charge in [0.1, 0.15) is 0 Å². The van der Waals surface area contributed by atoms with E-state index in [1.165, 1.54) is 0 Å². The fraction of sp³-hybridized carbons (Fsp3) is 0.435. The highest BCUT2D eigenvalue weighted by Gasteiger charge is 2.36. The number of aromatic nitrogens is 1. The van der Waals surface area contributed by atoms with Crippen molar-refractivity contribution < 1.29 is 9.59 Å². The fourth-order valence-corrected chi connectivity index (χ4v) is 4.73. The van der Waals surface area contributed by atoms with Crippen molar-refractivity contribution in [3.63, 3.8) is 0 Å². The highest BCUT2D eigenvalue weighted by Crippen LogP contribution is 2.34. The van der Waals surface area contributed by atoms with E-state index < -0.39 is 0 Å². The number of carbonyl (C=O) groups excluding carboxylic acids is 2. The molecule has 2 N–H and O–H groups in total. The van der Waals surface area contributed by atoms with Crippen molar-refractivity contribution in [1.82, 2.24) is 14.8 Å². The molecule has 0 spiro atoms. The van der Waals surface area contributed by atoms with Crippen LogP contribution in [0.4, 0.5) is 10.5 Å². The highest BCUT2D eigenvalue weighted by molar-refractivity contribution is 5.91. The number of rotatable bonds is 4. The van der Waals surface area contributed by atoms with Gasteiger partial charge < -0.3 is 20.1 Å². The third kappa shape index (κ3) is 4.40. The van der Waals surface area contributed by atoms with Gasteiger partial charge in [0.15, 0.2) is 0 Å². The largest absolute Gasteiger partial charge is 0.337 e. The summed E-state index contributed by atoms with van der Waals surface area (Å²) in [6.07, 6.45) is 1.23. The van der Waals surface area contributed by atoms with Crippen LogP contribution < -0.4 is 16.2 Å². The summed E-state index contributed by atoms with van der Waals surface area (Å²) < 4.78 is 1.85. The molecule has 3 heterocycles. The second-order valence-electron chi connectivity index (χ2n) is 8.51. The average molecular weight is 409 g/mol. The Bertz CT molecular complexity index is 1010. The van der Waals surface area contributed by atoms with Gasteiger partial charge in [-0.25, -0.2) is 4.79 Å². The number of pyridine rings is 1. The maximum absolute atomic E-state index is 12.7. The predicted octanol–water partition coefficient (Wildman–Crippen LogP) is 2.62. The van der Waals surface area contributed by atoms with Crippen LogP contribution in [0.1, 0.15) is 35.6 Å².